The van der Waals surface area contributed by atoms with E-state index >= 15 is 0 Å². The molecule has 0 unspecified atom stereocenters. The Kier molecular flexibility index (Phi) is 6.70. The van der Waals surface area contributed by atoms with Crippen LogP contribution in [0, 0.1) is 0 Å². The van der Waals surface area contributed by atoms with Gasteiger partial charge in [0.1, 0.15) is 6.61 Å². The smallest absolute Gasteiger partial charge is 0.340 e. The van der Waals surface area contributed by atoms with Gasteiger partial charge >= 0.3 is 5.97 Å². The molecule has 18 heavy (non-hydrogen) atoms. The minimum absolute atomic E-state index is 0.189. The molecule has 0 bridgehead atoms. The van der Waals surface area contributed by atoms with E-state index in [1.807, 2.05) is 0 Å². The lowest BCUT2D eigenvalue weighted by Gasteiger charge is -2.08. The van der Waals surface area contributed by atoms with Crippen LogP contribution >= 0.6 is 15.9 Å². The summed E-state index contributed by atoms with van der Waals surface area (Å²) in [6.45, 7) is 1.52. The molecule has 1 rings (SSSR count). The summed E-state index contributed by atoms with van der Waals surface area (Å²) in [4.78, 5) is 11.7. The summed E-state index contributed by atoms with van der Waals surface area (Å²) in [6, 6.07) is 5.11. The van der Waals surface area contributed by atoms with E-state index in [9.17, 15) is 4.79 Å². The topological polar surface area (TPSA) is 70.8 Å². The zero-order valence-corrected chi connectivity index (χ0v) is 11.7. The fourth-order valence-corrected chi connectivity index (χ4v) is 1.60. The molecule has 0 aliphatic heterocycles. The Morgan fingerprint density at radius 1 is 1.28 bits per heavy atom. The number of hydrogen-bond donors (Lipinski definition) is 1. The molecule has 2 N–H and O–H groups in total. The lowest BCUT2D eigenvalue weighted by atomic mass is 10.2. The predicted octanol–water partition coefficient (Wildman–Crippen LogP) is 1.85. The molecule has 0 aliphatic carbocycles. The van der Waals surface area contributed by atoms with Crippen molar-refractivity contribution in [3.05, 3.63) is 28.2 Å². The monoisotopic (exact) mass is 317 g/mol. The van der Waals surface area contributed by atoms with Crippen LogP contribution in [-0.4, -0.2) is 39.5 Å². The summed E-state index contributed by atoms with van der Waals surface area (Å²) in [6.07, 6.45) is 0. The lowest BCUT2D eigenvalue weighted by molar-refractivity contribution is 0.0214. The van der Waals surface area contributed by atoms with E-state index in [1.165, 1.54) is 0 Å². The highest BCUT2D eigenvalue weighted by Gasteiger charge is 2.12. The van der Waals surface area contributed by atoms with Crippen LogP contribution in [0.4, 0.5) is 5.69 Å². The van der Waals surface area contributed by atoms with Crippen LogP contribution < -0.4 is 5.73 Å². The summed E-state index contributed by atoms with van der Waals surface area (Å²) >= 11 is 3.25. The maximum Gasteiger partial charge on any atom is 0.340 e. The van der Waals surface area contributed by atoms with Gasteiger partial charge in [0.15, 0.2) is 0 Å². The van der Waals surface area contributed by atoms with E-state index in [0.717, 1.165) is 0 Å². The Bertz CT molecular complexity index is 398. The van der Waals surface area contributed by atoms with Crippen LogP contribution in [0.2, 0.25) is 0 Å². The number of methoxy groups -OCH3 is 1. The highest BCUT2D eigenvalue weighted by molar-refractivity contribution is 9.10. The van der Waals surface area contributed by atoms with Gasteiger partial charge in [-0.05, 0) is 28.1 Å². The molecule has 100 valence electrons. The number of hydrogen-bond acceptors (Lipinski definition) is 5. The van der Waals surface area contributed by atoms with E-state index in [0.29, 0.717) is 35.5 Å². The quantitative estimate of drug-likeness (QED) is 0.472. The van der Waals surface area contributed by atoms with Crippen LogP contribution in [-0.2, 0) is 14.2 Å². The first-order valence-electron chi connectivity index (χ1n) is 5.44. The first-order valence-corrected chi connectivity index (χ1v) is 6.24. The van der Waals surface area contributed by atoms with Crippen molar-refractivity contribution in [2.45, 2.75) is 0 Å². The molecule has 0 amide bonds. The third-order valence-electron chi connectivity index (χ3n) is 2.17. The maximum atomic E-state index is 11.7. The number of para-hydroxylation sites is 1. The molecule has 0 aliphatic rings. The Morgan fingerprint density at radius 2 is 2.00 bits per heavy atom. The molecule has 0 spiro atoms. The third kappa shape index (κ3) is 4.64. The Morgan fingerprint density at radius 3 is 2.72 bits per heavy atom. The standard InChI is InChI=1S/C12H16BrNO4/c1-16-5-6-17-7-8-18-12(15)9-3-2-4-10(13)11(9)14/h2-4H,5-8,14H2,1H3. The Hall–Kier alpha value is -1.11. The van der Waals surface area contributed by atoms with Gasteiger partial charge in [0.25, 0.3) is 0 Å². The van der Waals surface area contributed by atoms with E-state index < -0.39 is 5.97 Å². The summed E-state index contributed by atoms with van der Waals surface area (Å²) in [5.74, 6) is -0.454. The van der Waals surface area contributed by atoms with Crippen molar-refractivity contribution in [1.82, 2.24) is 0 Å². The average Bonchev–Trinajstić information content (AvgIpc) is 2.36. The van der Waals surface area contributed by atoms with Gasteiger partial charge in [0.05, 0.1) is 31.1 Å². The summed E-state index contributed by atoms with van der Waals surface area (Å²) in [5, 5.41) is 0. The number of halogens is 1. The van der Waals surface area contributed by atoms with E-state index in [4.69, 9.17) is 19.9 Å². The van der Waals surface area contributed by atoms with Crippen molar-refractivity contribution in [1.29, 1.82) is 0 Å². The fourth-order valence-electron chi connectivity index (χ4n) is 1.23. The number of nitrogen functional groups attached to an aromatic ring is 1. The van der Waals surface area contributed by atoms with Gasteiger partial charge in [-0.2, -0.15) is 0 Å². The third-order valence-corrected chi connectivity index (χ3v) is 2.86. The fraction of sp³-hybridized carbons (Fsp3) is 0.417. The van der Waals surface area contributed by atoms with Gasteiger partial charge in [-0.1, -0.05) is 6.07 Å². The summed E-state index contributed by atoms with van der Waals surface area (Å²) in [7, 11) is 1.60. The predicted molar refractivity (Wildman–Crippen MR) is 71.5 cm³/mol. The molecule has 0 fully saturated rings. The van der Waals surface area contributed by atoms with Crippen molar-refractivity contribution in [2.24, 2.45) is 0 Å². The Balaban J connectivity index is 2.35. The van der Waals surface area contributed by atoms with Crippen LogP contribution in [0.3, 0.4) is 0 Å². The van der Waals surface area contributed by atoms with Crippen molar-refractivity contribution in [3.8, 4) is 0 Å². The summed E-state index contributed by atoms with van der Waals surface area (Å²) < 4.78 is 15.7. The molecule has 0 radical (unpaired) electrons. The van der Waals surface area contributed by atoms with Crippen LogP contribution in [0.15, 0.2) is 22.7 Å². The zero-order valence-electron chi connectivity index (χ0n) is 10.1. The molecule has 1 aromatic rings. The second-order valence-electron chi connectivity index (χ2n) is 3.44. The number of rotatable bonds is 7. The number of ether oxygens (including phenoxy) is 3. The molecule has 0 heterocycles. The van der Waals surface area contributed by atoms with E-state index in [1.54, 1.807) is 25.3 Å². The molecule has 1 aromatic carbocycles. The van der Waals surface area contributed by atoms with Crippen molar-refractivity contribution in [3.63, 3.8) is 0 Å². The van der Waals surface area contributed by atoms with Gasteiger partial charge in [-0.3, -0.25) is 0 Å². The number of carbonyl (C=O) groups is 1. The van der Waals surface area contributed by atoms with Gasteiger partial charge < -0.3 is 19.9 Å². The summed E-state index contributed by atoms with van der Waals surface area (Å²) in [5.41, 5.74) is 6.48. The molecule has 0 atom stereocenters. The highest BCUT2D eigenvalue weighted by Crippen LogP contribution is 2.23. The second-order valence-corrected chi connectivity index (χ2v) is 4.30. The number of carbonyl (C=O) groups excluding carboxylic acids is 1. The molecule has 0 aromatic heterocycles. The molecular formula is C12H16BrNO4. The number of anilines is 1. The maximum absolute atomic E-state index is 11.7. The largest absolute Gasteiger partial charge is 0.460 e. The van der Waals surface area contributed by atoms with Crippen molar-refractivity contribution >= 4 is 27.6 Å². The number of nitrogens with two attached hydrogens (primary N) is 1. The lowest BCUT2D eigenvalue weighted by Crippen LogP contribution is -2.14. The first-order chi connectivity index (χ1) is 8.66. The van der Waals surface area contributed by atoms with Crippen LogP contribution in [0.5, 0.6) is 0 Å². The van der Waals surface area contributed by atoms with Crippen molar-refractivity contribution in [2.75, 3.05) is 39.3 Å². The van der Waals surface area contributed by atoms with Gasteiger partial charge in [-0.25, -0.2) is 4.79 Å². The van der Waals surface area contributed by atoms with Crippen molar-refractivity contribution < 1.29 is 19.0 Å². The van der Waals surface area contributed by atoms with E-state index in [2.05, 4.69) is 15.9 Å². The molecule has 5 nitrogen and oxygen atoms in total. The minimum Gasteiger partial charge on any atom is -0.460 e. The van der Waals surface area contributed by atoms with Crippen LogP contribution in [0.1, 0.15) is 10.4 Å². The van der Waals surface area contributed by atoms with Gasteiger partial charge in [0.2, 0.25) is 0 Å². The van der Waals surface area contributed by atoms with Gasteiger partial charge in [-0.15, -0.1) is 0 Å². The van der Waals surface area contributed by atoms with Gasteiger partial charge in [0, 0.05) is 11.6 Å². The highest BCUT2D eigenvalue weighted by atomic mass is 79.9. The number of esters is 1. The Labute approximate surface area is 114 Å². The second kappa shape index (κ2) is 8.07. The molecule has 0 saturated carbocycles. The molecular weight excluding hydrogens is 302 g/mol. The first kappa shape index (κ1) is 14.9. The minimum atomic E-state index is -0.454. The molecule has 0 saturated heterocycles. The molecule has 6 heteroatoms. The SMILES string of the molecule is COCCOCCOC(=O)c1cccc(Br)c1N. The van der Waals surface area contributed by atoms with Crippen LogP contribution in [0.25, 0.3) is 0 Å². The average molecular weight is 318 g/mol. The zero-order chi connectivity index (χ0) is 13.4. The normalized spacial score (nSPS) is 10.3. The number of benzene rings is 1. The van der Waals surface area contributed by atoms with E-state index in [-0.39, 0.29) is 6.61 Å².